The third-order valence-corrected chi connectivity index (χ3v) is 5.49. The molecule has 2 rings (SSSR count). The average Bonchev–Trinajstić information content (AvgIpc) is 2.76. The number of carbonyl (C=O) groups is 2. The minimum absolute atomic E-state index is 0.124. The fourth-order valence-electron chi connectivity index (χ4n) is 3.03. The molecule has 0 heterocycles. The van der Waals surface area contributed by atoms with E-state index in [1.807, 2.05) is 30.3 Å². The van der Waals surface area contributed by atoms with E-state index in [1.165, 1.54) is 0 Å². The largest absolute Gasteiger partial charge is 0.494 e. The molecule has 0 bridgehead atoms. The molecule has 5 nitrogen and oxygen atoms in total. The molecule has 0 aliphatic rings. The maximum atomic E-state index is 13.0. The van der Waals surface area contributed by atoms with Crippen molar-refractivity contribution in [2.45, 2.75) is 52.1 Å². The summed E-state index contributed by atoms with van der Waals surface area (Å²) in [5, 5.41) is 3.90. The van der Waals surface area contributed by atoms with Gasteiger partial charge in [0.05, 0.1) is 6.61 Å². The van der Waals surface area contributed by atoms with Crippen LogP contribution in [-0.2, 0) is 16.1 Å². The van der Waals surface area contributed by atoms with Crippen molar-refractivity contribution in [3.63, 3.8) is 0 Å². The zero-order valence-electron chi connectivity index (χ0n) is 18.1. The molecule has 0 spiro atoms. The smallest absolute Gasteiger partial charge is 0.242 e. The predicted molar refractivity (Wildman–Crippen MR) is 126 cm³/mol. The summed E-state index contributed by atoms with van der Waals surface area (Å²) in [6, 6.07) is 14.0. The van der Waals surface area contributed by atoms with E-state index in [0.717, 1.165) is 24.2 Å². The molecule has 2 aromatic rings. The molecule has 0 unspecified atom stereocenters. The number of hydrogen-bond acceptors (Lipinski definition) is 3. The van der Waals surface area contributed by atoms with Gasteiger partial charge in [0, 0.05) is 29.6 Å². The number of halogens is 2. The van der Waals surface area contributed by atoms with Crippen molar-refractivity contribution in [2.75, 3.05) is 13.2 Å². The topological polar surface area (TPSA) is 58.6 Å². The molecule has 0 fully saturated rings. The van der Waals surface area contributed by atoms with Crippen LogP contribution in [0.4, 0.5) is 0 Å². The minimum atomic E-state index is -0.619. The molecule has 31 heavy (non-hydrogen) atoms. The molecule has 0 radical (unpaired) electrons. The van der Waals surface area contributed by atoms with Gasteiger partial charge in [-0.05, 0) is 49.6 Å². The van der Waals surface area contributed by atoms with Crippen LogP contribution in [0.1, 0.15) is 45.1 Å². The monoisotopic (exact) mass is 464 g/mol. The highest BCUT2D eigenvalue weighted by atomic mass is 35.5. The lowest BCUT2D eigenvalue weighted by Gasteiger charge is -2.29. The van der Waals surface area contributed by atoms with Crippen molar-refractivity contribution < 1.29 is 14.3 Å². The summed E-state index contributed by atoms with van der Waals surface area (Å²) in [6.07, 6.45) is 2.69. The highest BCUT2D eigenvalue weighted by Crippen LogP contribution is 2.23. The molecule has 0 aliphatic heterocycles. The number of nitrogens with one attached hydrogen (secondary N) is 1. The predicted octanol–water partition coefficient (Wildman–Crippen LogP) is 5.49. The Morgan fingerprint density at radius 1 is 1.10 bits per heavy atom. The normalized spacial score (nSPS) is 11.6. The van der Waals surface area contributed by atoms with Crippen LogP contribution in [-0.4, -0.2) is 35.9 Å². The third-order valence-electron chi connectivity index (χ3n) is 4.90. The van der Waals surface area contributed by atoms with Gasteiger partial charge in [-0.2, -0.15) is 0 Å². The summed E-state index contributed by atoms with van der Waals surface area (Å²) in [7, 11) is 0. The maximum absolute atomic E-state index is 13.0. The second kappa shape index (κ2) is 13.2. The van der Waals surface area contributed by atoms with E-state index in [0.29, 0.717) is 29.6 Å². The molecule has 168 valence electrons. The van der Waals surface area contributed by atoms with Crippen LogP contribution in [0.25, 0.3) is 0 Å². The molecule has 1 atom stereocenters. The molecule has 2 aromatic carbocycles. The van der Waals surface area contributed by atoms with Crippen LogP contribution in [0.15, 0.2) is 48.5 Å². The van der Waals surface area contributed by atoms with E-state index in [1.54, 1.807) is 30.0 Å². The maximum Gasteiger partial charge on any atom is 0.242 e. The molecular weight excluding hydrogens is 435 g/mol. The molecule has 0 aromatic heterocycles. The van der Waals surface area contributed by atoms with Crippen LogP contribution in [0.2, 0.25) is 10.0 Å². The first-order valence-electron chi connectivity index (χ1n) is 10.6. The van der Waals surface area contributed by atoms with Crippen molar-refractivity contribution in [2.24, 2.45) is 0 Å². The van der Waals surface area contributed by atoms with E-state index in [2.05, 4.69) is 12.2 Å². The van der Waals surface area contributed by atoms with E-state index >= 15 is 0 Å². The van der Waals surface area contributed by atoms with E-state index in [4.69, 9.17) is 27.9 Å². The van der Waals surface area contributed by atoms with Crippen molar-refractivity contribution in [3.8, 4) is 5.75 Å². The van der Waals surface area contributed by atoms with Gasteiger partial charge < -0.3 is 15.0 Å². The van der Waals surface area contributed by atoms with Gasteiger partial charge in [-0.3, -0.25) is 9.59 Å². The number of amides is 2. The summed E-state index contributed by atoms with van der Waals surface area (Å²) < 4.78 is 5.67. The lowest BCUT2D eigenvalue weighted by Crippen LogP contribution is -2.47. The first kappa shape index (κ1) is 25.0. The van der Waals surface area contributed by atoms with E-state index in [9.17, 15) is 9.59 Å². The lowest BCUT2D eigenvalue weighted by molar-refractivity contribution is -0.140. The van der Waals surface area contributed by atoms with Gasteiger partial charge in [0.25, 0.3) is 0 Å². The number of rotatable bonds is 12. The van der Waals surface area contributed by atoms with Gasteiger partial charge in [0.15, 0.2) is 0 Å². The molecule has 0 aliphatic carbocycles. The summed E-state index contributed by atoms with van der Waals surface area (Å²) in [6.45, 7) is 5.04. The number of unbranched alkanes of at least 4 members (excludes halogenated alkanes) is 1. The third kappa shape index (κ3) is 8.42. The summed E-state index contributed by atoms with van der Waals surface area (Å²) in [4.78, 5) is 27.2. The van der Waals surface area contributed by atoms with E-state index in [-0.39, 0.29) is 24.8 Å². The molecule has 1 N–H and O–H groups in total. The van der Waals surface area contributed by atoms with Gasteiger partial charge in [-0.25, -0.2) is 0 Å². The van der Waals surface area contributed by atoms with Crippen LogP contribution in [0, 0.1) is 0 Å². The molecular formula is C24H30Cl2N2O3. The Hall–Kier alpha value is -2.24. The van der Waals surface area contributed by atoms with Crippen LogP contribution >= 0.6 is 23.2 Å². The van der Waals surface area contributed by atoms with Crippen molar-refractivity contribution >= 4 is 35.0 Å². The van der Waals surface area contributed by atoms with Crippen molar-refractivity contribution in [1.29, 1.82) is 0 Å². The second-order valence-corrected chi connectivity index (χ2v) is 8.19. The number of benzene rings is 2. The molecule has 0 saturated heterocycles. The quantitative estimate of drug-likeness (QED) is 0.422. The zero-order chi connectivity index (χ0) is 22.6. The lowest BCUT2D eigenvalue weighted by atomic mass is 10.1. The van der Waals surface area contributed by atoms with Gasteiger partial charge in [0.2, 0.25) is 11.8 Å². The number of nitrogens with zero attached hydrogens (tertiary/aromatic N) is 1. The van der Waals surface area contributed by atoms with Gasteiger partial charge >= 0.3 is 0 Å². The summed E-state index contributed by atoms with van der Waals surface area (Å²) in [5.41, 5.74) is 0.744. The van der Waals surface area contributed by atoms with Gasteiger partial charge in [-0.15, -0.1) is 0 Å². The van der Waals surface area contributed by atoms with Crippen LogP contribution in [0.5, 0.6) is 5.75 Å². The number of carbonyl (C=O) groups excluding carboxylic acids is 2. The van der Waals surface area contributed by atoms with Crippen molar-refractivity contribution in [3.05, 3.63) is 64.1 Å². The summed E-state index contributed by atoms with van der Waals surface area (Å²) >= 11 is 12.3. The number of ether oxygens (including phenoxy) is 1. The van der Waals surface area contributed by atoms with Gasteiger partial charge in [-0.1, -0.05) is 60.8 Å². The Morgan fingerprint density at radius 3 is 2.52 bits per heavy atom. The first-order valence-corrected chi connectivity index (χ1v) is 11.4. The van der Waals surface area contributed by atoms with Crippen LogP contribution < -0.4 is 10.1 Å². The molecule has 2 amide bonds. The standard InChI is InChI=1S/C24H30Cl2N2O3/c1-3-4-14-27-24(30)18(2)28(17-19-12-13-20(25)16-22(19)26)23(29)11-8-15-31-21-9-6-5-7-10-21/h5-7,9-10,12-13,16,18H,3-4,8,11,14-15,17H2,1-2H3,(H,27,30)/t18-/m1/s1. The highest BCUT2D eigenvalue weighted by molar-refractivity contribution is 6.35. The van der Waals surface area contributed by atoms with Gasteiger partial charge in [0.1, 0.15) is 11.8 Å². The molecule has 0 saturated carbocycles. The highest BCUT2D eigenvalue weighted by Gasteiger charge is 2.26. The Balaban J connectivity index is 2.02. The summed E-state index contributed by atoms with van der Waals surface area (Å²) in [5.74, 6) is 0.469. The Kier molecular flexibility index (Phi) is 10.7. The van der Waals surface area contributed by atoms with E-state index < -0.39 is 6.04 Å². The molecule has 7 heteroatoms. The minimum Gasteiger partial charge on any atom is -0.494 e. The Morgan fingerprint density at radius 2 is 1.84 bits per heavy atom. The fourth-order valence-corrected chi connectivity index (χ4v) is 3.49. The Bertz CT molecular complexity index is 846. The number of para-hydroxylation sites is 1. The average molecular weight is 465 g/mol. The number of hydrogen-bond donors (Lipinski definition) is 1. The fraction of sp³-hybridized carbons (Fsp3) is 0.417. The van der Waals surface area contributed by atoms with Crippen LogP contribution in [0.3, 0.4) is 0 Å². The van der Waals surface area contributed by atoms with Crippen molar-refractivity contribution in [1.82, 2.24) is 10.2 Å². The Labute approximate surface area is 194 Å². The SMILES string of the molecule is CCCCNC(=O)[C@@H](C)N(Cc1ccc(Cl)cc1Cl)C(=O)CCCOc1ccccc1. The second-order valence-electron chi connectivity index (χ2n) is 7.34. The zero-order valence-corrected chi connectivity index (χ0v) is 19.6. The first-order chi connectivity index (χ1) is 14.9.